The van der Waals surface area contributed by atoms with Gasteiger partial charge in [-0.1, -0.05) is 5.16 Å². The first kappa shape index (κ1) is 19.7. The van der Waals surface area contributed by atoms with E-state index in [0.29, 0.717) is 0 Å². The highest BCUT2D eigenvalue weighted by atomic mass is 19.4. The van der Waals surface area contributed by atoms with Crippen LogP contribution in [0.3, 0.4) is 0 Å². The van der Waals surface area contributed by atoms with E-state index in [4.69, 9.17) is 14.4 Å². The molecule has 0 saturated carbocycles. The van der Waals surface area contributed by atoms with Crippen LogP contribution in [0.5, 0.6) is 0 Å². The summed E-state index contributed by atoms with van der Waals surface area (Å²) in [4.78, 5) is 20.0. The number of anilines is 1. The SMILES string of the molecule is Cc1noc(C)c1-c1cc(N2CCCCC2)ncn1.O=C(O)C(F)(F)F. The van der Waals surface area contributed by atoms with Gasteiger partial charge in [-0.05, 0) is 33.1 Å². The zero-order valence-corrected chi connectivity index (χ0v) is 14.4. The van der Waals surface area contributed by atoms with E-state index in [-0.39, 0.29) is 0 Å². The average Bonchev–Trinajstić information content (AvgIpc) is 2.94. The lowest BCUT2D eigenvalue weighted by molar-refractivity contribution is -0.192. The van der Waals surface area contributed by atoms with Crippen molar-refractivity contribution in [1.82, 2.24) is 15.1 Å². The zero-order valence-electron chi connectivity index (χ0n) is 14.4. The summed E-state index contributed by atoms with van der Waals surface area (Å²) in [6.07, 6.45) is 0.346. The van der Waals surface area contributed by atoms with Gasteiger partial charge in [0.05, 0.1) is 17.0 Å². The van der Waals surface area contributed by atoms with E-state index in [1.807, 2.05) is 19.9 Å². The first-order valence-electron chi connectivity index (χ1n) is 8.00. The van der Waals surface area contributed by atoms with Gasteiger partial charge in [0.25, 0.3) is 0 Å². The lowest BCUT2D eigenvalue weighted by atomic mass is 10.1. The number of aliphatic carboxylic acids is 1. The Labute approximate surface area is 147 Å². The van der Waals surface area contributed by atoms with E-state index in [0.717, 1.165) is 41.6 Å². The van der Waals surface area contributed by atoms with Crippen LogP contribution in [-0.2, 0) is 4.79 Å². The summed E-state index contributed by atoms with van der Waals surface area (Å²) < 4.78 is 36.9. The Kier molecular flexibility index (Phi) is 6.17. The van der Waals surface area contributed by atoms with Crippen molar-refractivity contribution in [3.63, 3.8) is 0 Å². The molecule has 0 bridgehead atoms. The van der Waals surface area contributed by atoms with Gasteiger partial charge in [-0.2, -0.15) is 13.2 Å². The summed E-state index contributed by atoms with van der Waals surface area (Å²) in [5.41, 5.74) is 2.76. The summed E-state index contributed by atoms with van der Waals surface area (Å²) in [7, 11) is 0. The van der Waals surface area contributed by atoms with Crippen LogP contribution in [0.25, 0.3) is 11.3 Å². The Morgan fingerprint density at radius 1 is 1.19 bits per heavy atom. The largest absolute Gasteiger partial charge is 0.490 e. The van der Waals surface area contributed by atoms with Crippen molar-refractivity contribution in [1.29, 1.82) is 0 Å². The molecule has 1 aliphatic heterocycles. The number of carboxylic acids is 1. The number of aryl methyl sites for hydroxylation is 2. The van der Waals surface area contributed by atoms with Crippen molar-refractivity contribution < 1.29 is 27.6 Å². The van der Waals surface area contributed by atoms with Crippen molar-refractivity contribution in [2.45, 2.75) is 39.3 Å². The monoisotopic (exact) mass is 372 g/mol. The molecule has 7 nitrogen and oxygen atoms in total. The summed E-state index contributed by atoms with van der Waals surface area (Å²) in [5, 5.41) is 11.1. The number of rotatable bonds is 2. The van der Waals surface area contributed by atoms with Crippen LogP contribution in [0.15, 0.2) is 16.9 Å². The molecule has 10 heteroatoms. The Balaban J connectivity index is 0.000000298. The second-order valence-corrected chi connectivity index (χ2v) is 5.81. The van der Waals surface area contributed by atoms with Crippen molar-refractivity contribution >= 4 is 11.8 Å². The quantitative estimate of drug-likeness (QED) is 0.864. The minimum Gasteiger partial charge on any atom is -0.475 e. The number of halogens is 3. The number of nitrogens with zero attached hydrogens (tertiary/aromatic N) is 4. The standard InChI is InChI=1S/C14H18N4O.C2HF3O2/c1-10-14(11(2)19-17-10)12-8-13(16-9-15-12)18-6-4-3-5-7-18;3-2(4,5)1(6)7/h8-9H,3-7H2,1-2H3;(H,6,7). The Morgan fingerprint density at radius 2 is 1.81 bits per heavy atom. The molecule has 1 fully saturated rings. The van der Waals surface area contributed by atoms with Crippen LogP contribution < -0.4 is 4.90 Å². The third-order valence-corrected chi connectivity index (χ3v) is 3.86. The highest BCUT2D eigenvalue weighted by molar-refractivity contribution is 5.73. The number of carbonyl (C=O) groups is 1. The van der Waals surface area contributed by atoms with Crippen LogP contribution in [0, 0.1) is 13.8 Å². The van der Waals surface area contributed by atoms with Gasteiger partial charge in [0.15, 0.2) is 0 Å². The smallest absolute Gasteiger partial charge is 0.475 e. The van der Waals surface area contributed by atoms with Crippen LogP contribution >= 0.6 is 0 Å². The molecule has 0 radical (unpaired) electrons. The number of piperidine rings is 1. The second kappa shape index (κ2) is 8.15. The molecule has 0 unspecified atom stereocenters. The maximum absolute atomic E-state index is 10.6. The Hall–Kier alpha value is -2.65. The first-order chi connectivity index (χ1) is 12.2. The lowest BCUT2D eigenvalue weighted by Crippen LogP contribution is -2.30. The maximum atomic E-state index is 10.6. The summed E-state index contributed by atoms with van der Waals surface area (Å²) >= 11 is 0. The van der Waals surface area contributed by atoms with Gasteiger partial charge in [0, 0.05) is 19.2 Å². The number of aromatic nitrogens is 3. The number of carboxylic acid groups (broad SMARTS) is 1. The molecule has 26 heavy (non-hydrogen) atoms. The molecule has 2 aromatic heterocycles. The fraction of sp³-hybridized carbons (Fsp3) is 0.500. The Bertz CT molecular complexity index is 736. The molecule has 1 aliphatic rings. The molecule has 3 rings (SSSR count). The molecule has 0 aromatic carbocycles. The first-order valence-corrected chi connectivity index (χ1v) is 8.00. The minimum atomic E-state index is -5.08. The second-order valence-electron chi connectivity index (χ2n) is 5.81. The molecule has 0 amide bonds. The van der Waals surface area contributed by atoms with Gasteiger partial charge in [0.1, 0.15) is 17.9 Å². The van der Waals surface area contributed by atoms with E-state index in [1.165, 1.54) is 19.3 Å². The number of alkyl halides is 3. The molecule has 0 spiro atoms. The van der Waals surface area contributed by atoms with E-state index in [9.17, 15) is 13.2 Å². The fourth-order valence-electron chi connectivity index (χ4n) is 2.63. The third kappa shape index (κ3) is 4.93. The topological polar surface area (TPSA) is 92.4 Å². The minimum absolute atomic E-state index is 0.806. The maximum Gasteiger partial charge on any atom is 0.490 e. The third-order valence-electron chi connectivity index (χ3n) is 3.86. The molecule has 3 heterocycles. The van der Waals surface area contributed by atoms with E-state index in [1.54, 1.807) is 6.33 Å². The normalized spacial score (nSPS) is 14.6. The number of hydrogen-bond donors (Lipinski definition) is 1. The summed E-state index contributed by atoms with van der Waals surface area (Å²) in [6, 6.07) is 2.04. The van der Waals surface area contributed by atoms with E-state index in [2.05, 4.69) is 20.0 Å². The van der Waals surface area contributed by atoms with Crippen LogP contribution in [0.1, 0.15) is 30.7 Å². The van der Waals surface area contributed by atoms with Crippen molar-refractivity contribution in [2.75, 3.05) is 18.0 Å². The van der Waals surface area contributed by atoms with Crippen LogP contribution in [-0.4, -0.2) is 45.5 Å². The molecule has 0 atom stereocenters. The van der Waals surface area contributed by atoms with Crippen molar-refractivity contribution in [2.24, 2.45) is 0 Å². The van der Waals surface area contributed by atoms with Gasteiger partial charge in [-0.15, -0.1) is 0 Å². The molecule has 142 valence electrons. The summed E-state index contributed by atoms with van der Waals surface area (Å²) in [6.45, 7) is 6.02. The number of hydrogen-bond acceptors (Lipinski definition) is 6. The molecule has 1 saturated heterocycles. The Morgan fingerprint density at radius 3 is 2.31 bits per heavy atom. The van der Waals surface area contributed by atoms with Crippen molar-refractivity contribution in [3.05, 3.63) is 23.8 Å². The molecular weight excluding hydrogens is 353 g/mol. The van der Waals surface area contributed by atoms with Gasteiger partial charge >= 0.3 is 12.1 Å². The molecular formula is C16H19F3N4O3. The van der Waals surface area contributed by atoms with Crippen LogP contribution in [0.4, 0.5) is 19.0 Å². The van der Waals surface area contributed by atoms with Gasteiger partial charge in [-0.25, -0.2) is 14.8 Å². The zero-order chi connectivity index (χ0) is 19.3. The van der Waals surface area contributed by atoms with Crippen molar-refractivity contribution in [3.8, 4) is 11.3 Å². The fourth-order valence-corrected chi connectivity index (χ4v) is 2.63. The van der Waals surface area contributed by atoms with E-state index >= 15 is 0 Å². The van der Waals surface area contributed by atoms with E-state index < -0.39 is 12.1 Å². The van der Waals surface area contributed by atoms with Gasteiger partial charge in [-0.3, -0.25) is 0 Å². The predicted octanol–water partition coefficient (Wildman–Crippen LogP) is 3.37. The average molecular weight is 372 g/mol. The molecule has 2 aromatic rings. The molecule has 0 aliphatic carbocycles. The summed E-state index contributed by atoms with van der Waals surface area (Å²) in [5.74, 6) is -0.946. The van der Waals surface area contributed by atoms with Gasteiger partial charge < -0.3 is 14.5 Å². The highest BCUT2D eigenvalue weighted by Gasteiger charge is 2.38. The van der Waals surface area contributed by atoms with Crippen LogP contribution in [0.2, 0.25) is 0 Å². The molecule has 1 N–H and O–H groups in total. The highest BCUT2D eigenvalue weighted by Crippen LogP contribution is 2.27. The lowest BCUT2D eigenvalue weighted by Gasteiger charge is -2.27. The predicted molar refractivity (Wildman–Crippen MR) is 86.8 cm³/mol. The van der Waals surface area contributed by atoms with Gasteiger partial charge in [0.2, 0.25) is 0 Å².